The van der Waals surface area contributed by atoms with Gasteiger partial charge < -0.3 is 0 Å². The number of hydrogen-bond donors (Lipinski definition) is 0. The molecule has 2 nitrogen and oxygen atoms in total. The van der Waals surface area contributed by atoms with Crippen molar-refractivity contribution in [1.29, 1.82) is 0 Å². The lowest BCUT2D eigenvalue weighted by molar-refractivity contribution is 0.555. The highest BCUT2D eigenvalue weighted by Gasteiger charge is 2.70. The lowest BCUT2D eigenvalue weighted by Crippen LogP contribution is -2.39. The molecular formula is C19H18Cl2O2S2. The summed E-state index contributed by atoms with van der Waals surface area (Å²) in [7, 11) is -3.43. The molecule has 132 valence electrons. The molecule has 2 aromatic rings. The zero-order valence-electron chi connectivity index (χ0n) is 13.7. The molecule has 0 bridgehead atoms. The monoisotopic (exact) mass is 412 g/mol. The highest BCUT2D eigenvalue weighted by atomic mass is 35.5. The predicted molar refractivity (Wildman–Crippen MR) is 106 cm³/mol. The minimum absolute atomic E-state index is 0.0957. The number of fused-ring (bicyclic) bond motifs is 1. The summed E-state index contributed by atoms with van der Waals surface area (Å²) in [5.41, 5.74) is 0.671. The van der Waals surface area contributed by atoms with Crippen molar-refractivity contribution in [1.82, 2.24) is 0 Å². The summed E-state index contributed by atoms with van der Waals surface area (Å²) in [6.45, 7) is 0. The summed E-state index contributed by atoms with van der Waals surface area (Å²) in [5.74, 6) is 0.394. The number of rotatable bonds is 4. The zero-order valence-corrected chi connectivity index (χ0v) is 16.8. The average molecular weight is 413 g/mol. The maximum absolute atomic E-state index is 13.5. The molecule has 0 N–H and O–H groups in total. The smallest absolute Gasteiger partial charge is 0.183 e. The Morgan fingerprint density at radius 3 is 2.44 bits per heavy atom. The van der Waals surface area contributed by atoms with Crippen LogP contribution in [0.15, 0.2) is 53.4 Å². The molecule has 4 rings (SSSR count). The maximum atomic E-state index is 13.5. The molecule has 2 aliphatic rings. The summed E-state index contributed by atoms with van der Waals surface area (Å²) >= 11 is 14.0. The Morgan fingerprint density at radius 2 is 1.80 bits per heavy atom. The first-order valence-electron chi connectivity index (χ1n) is 8.18. The first-order chi connectivity index (χ1) is 11.9. The molecule has 0 saturated heterocycles. The van der Waals surface area contributed by atoms with E-state index in [-0.39, 0.29) is 10.7 Å². The lowest BCUT2D eigenvalue weighted by atomic mass is 9.93. The Balaban J connectivity index is 1.85. The van der Waals surface area contributed by atoms with Gasteiger partial charge in [0.15, 0.2) is 9.84 Å². The number of halogens is 2. The van der Waals surface area contributed by atoms with Crippen LogP contribution in [0.25, 0.3) is 0 Å². The Kier molecular flexibility index (Phi) is 4.39. The van der Waals surface area contributed by atoms with E-state index in [4.69, 9.17) is 23.2 Å². The van der Waals surface area contributed by atoms with Gasteiger partial charge in [0.05, 0.1) is 20.2 Å². The number of hydrogen-bond acceptors (Lipinski definition) is 3. The first-order valence-corrected chi connectivity index (χ1v) is 11.8. The van der Waals surface area contributed by atoms with Crippen molar-refractivity contribution in [2.45, 2.75) is 33.7 Å². The van der Waals surface area contributed by atoms with Gasteiger partial charge in [-0.1, -0.05) is 47.5 Å². The summed E-state index contributed by atoms with van der Waals surface area (Å²) in [6.07, 6.45) is 3.84. The Hall–Kier alpha value is -0.680. The van der Waals surface area contributed by atoms with E-state index in [1.54, 1.807) is 42.1 Å². The highest BCUT2D eigenvalue weighted by molar-refractivity contribution is 8.01. The van der Waals surface area contributed by atoms with Gasteiger partial charge in [-0.05, 0) is 54.8 Å². The van der Waals surface area contributed by atoms with E-state index < -0.39 is 15.1 Å². The quantitative estimate of drug-likeness (QED) is 0.689. The summed E-state index contributed by atoms with van der Waals surface area (Å²) < 4.78 is 27.0. The number of sulfone groups is 1. The fourth-order valence-electron chi connectivity index (χ4n) is 4.48. The number of benzene rings is 2. The molecule has 2 fully saturated rings. The topological polar surface area (TPSA) is 34.1 Å². The van der Waals surface area contributed by atoms with Crippen LogP contribution in [0.1, 0.15) is 18.4 Å². The third-order valence-electron chi connectivity index (χ3n) is 5.68. The van der Waals surface area contributed by atoms with Crippen LogP contribution < -0.4 is 0 Å². The van der Waals surface area contributed by atoms with Gasteiger partial charge in [0.25, 0.3) is 0 Å². The minimum atomic E-state index is -3.43. The fraction of sp³-hybridized carbons (Fsp3) is 0.368. The molecular weight excluding hydrogens is 395 g/mol. The van der Waals surface area contributed by atoms with E-state index in [0.717, 1.165) is 18.4 Å². The van der Waals surface area contributed by atoms with Crippen molar-refractivity contribution in [2.75, 3.05) is 6.26 Å². The van der Waals surface area contributed by atoms with E-state index in [1.807, 2.05) is 24.5 Å². The molecule has 25 heavy (non-hydrogen) atoms. The first kappa shape index (κ1) is 17.7. The molecule has 2 saturated carbocycles. The SMILES string of the molecule is CSC1C[C@@H]2C[C@]2(c2ccc(Cl)c(Cl)c2)C1S(=O)(=O)c1ccccc1. The standard InChI is InChI=1S/C19H18Cl2O2S2/c1-24-17-10-13-11-19(13,12-7-8-15(20)16(21)9-12)18(17)25(22,23)14-5-3-2-4-6-14/h2-9,13,17-18H,10-11H2,1H3/t13-,17?,18?,19-/m1/s1. The van der Waals surface area contributed by atoms with Crippen LogP contribution in [0.2, 0.25) is 10.0 Å². The molecule has 0 radical (unpaired) electrons. The molecule has 0 amide bonds. The van der Waals surface area contributed by atoms with E-state index in [1.165, 1.54) is 0 Å². The fourth-order valence-corrected chi connectivity index (χ4v) is 8.79. The third-order valence-corrected chi connectivity index (χ3v) is 10.0. The van der Waals surface area contributed by atoms with Gasteiger partial charge in [-0.2, -0.15) is 11.8 Å². The lowest BCUT2D eigenvalue weighted by Gasteiger charge is -2.29. The van der Waals surface area contributed by atoms with Crippen LogP contribution in [0.3, 0.4) is 0 Å². The van der Waals surface area contributed by atoms with Gasteiger partial charge in [0, 0.05) is 10.7 Å². The van der Waals surface area contributed by atoms with Gasteiger partial charge in [0.1, 0.15) is 0 Å². The normalized spacial score (nSPS) is 30.9. The molecule has 4 atom stereocenters. The van der Waals surface area contributed by atoms with Crippen LogP contribution in [0.5, 0.6) is 0 Å². The van der Waals surface area contributed by atoms with Gasteiger partial charge in [-0.15, -0.1) is 0 Å². The van der Waals surface area contributed by atoms with Crippen molar-refractivity contribution in [3.8, 4) is 0 Å². The molecule has 0 aliphatic heterocycles. The average Bonchev–Trinajstić information content (AvgIpc) is 3.22. The predicted octanol–water partition coefficient (Wildman–Crippen LogP) is 5.23. The third kappa shape index (κ3) is 2.64. The summed E-state index contributed by atoms with van der Waals surface area (Å²) in [6, 6.07) is 14.4. The molecule has 0 aromatic heterocycles. The Morgan fingerprint density at radius 1 is 1.08 bits per heavy atom. The Labute approximate surface area is 162 Å². The second kappa shape index (κ2) is 6.19. The van der Waals surface area contributed by atoms with Crippen LogP contribution in [-0.2, 0) is 15.3 Å². The van der Waals surface area contributed by atoms with Gasteiger partial charge in [0.2, 0.25) is 0 Å². The van der Waals surface area contributed by atoms with Gasteiger partial charge in [-0.25, -0.2) is 8.42 Å². The van der Waals surface area contributed by atoms with Crippen LogP contribution in [-0.4, -0.2) is 25.2 Å². The largest absolute Gasteiger partial charge is 0.223 e. The molecule has 2 aliphatic carbocycles. The maximum Gasteiger partial charge on any atom is 0.183 e. The summed E-state index contributed by atoms with van der Waals surface area (Å²) in [4.78, 5) is 0.408. The van der Waals surface area contributed by atoms with E-state index >= 15 is 0 Å². The van der Waals surface area contributed by atoms with E-state index in [9.17, 15) is 8.42 Å². The van der Waals surface area contributed by atoms with Crippen LogP contribution in [0.4, 0.5) is 0 Å². The van der Waals surface area contributed by atoms with Crippen molar-refractivity contribution < 1.29 is 8.42 Å². The molecule has 6 heteroatoms. The Bertz CT molecular complexity index is 914. The van der Waals surface area contributed by atoms with E-state index in [2.05, 4.69) is 0 Å². The minimum Gasteiger partial charge on any atom is -0.223 e. The molecule has 2 unspecified atom stereocenters. The van der Waals surface area contributed by atoms with Crippen molar-refractivity contribution in [2.24, 2.45) is 5.92 Å². The number of thioether (sulfide) groups is 1. The van der Waals surface area contributed by atoms with Crippen molar-refractivity contribution >= 4 is 44.8 Å². The second-order valence-corrected chi connectivity index (χ2v) is 10.8. The van der Waals surface area contributed by atoms with Crippen LogP contribution >= 0.6 is 35.0 Å². The second-order valence-electron chi connectivity index (χ2n) is 6.86. The highest BCUT2D eigenvalue weighted by Crippen LogP contribution is 2.68. The zero-order chi connectivity index (χ0) is 17.8. The van der Waals surface area contributed by atoms with Crippen molar-refractivity contribution in [3.05, 3.63) is 64.1 Å². The van der Waals surface area contributed by atoms with Gasteiger partial charge >= 0.3 is 0 Å². The summed E-state index contributed by atoms with van der Waals surface area (Å²) in [5, 5.41) is 0.654. The van der Waals surface area contributed by atoms with Gasteiger partial charge in [-0.3, -0.25) is 0 Å². The molecule has 0 spiro atoms. The molecule has 2 aromatic carbocycles. The van der Waals surface area contributed by atoms with E-state index in [0.29, 0.717) is 20.9 Å². The molecule has 0 heterocycles. The van der Waals surface area contributed by atoms with Crippen LogP contribution in [0, 0.1) is 5.92 Å². The van der Waals surface area contributed by atoms with Crippen molar-refractivity contribution in [3.63, 3.8) is 0 Å².